The van der Waals surface area contributed by atoms with E-state index in [4.69, 9.17) is 10.5 Å². The average molecular weight is 267 g/mol. The summed E-state index contributed by atoms with van der Waals surface area (Å²) in [7, 11) is 0. The molecule has 0 bridgehead atoms. The maximum atomic E-state index is 6.42. The van der Waals surface area contributed by atoms with Crippen LogP contribution in [0.1, 0.15) is 40.8 Å². The molecule has 0 saturated carbocycles. The third kappa shape index (κ3) is 2.32. The van der Waals surface area contributed by atoms with Crippen molar-refractivity contribution in [2.24, 2.45) is 5.73 Å². The van der Waals surface area contributed by atoms with E-state index >= 15 is 0 Å². The van der Waals surface area contributed by atoms with Gasteiger partial charge in [0.05, 0.1) is 6.04 Å². The lowest BCUT2D eigenvalue weighted by atomic mass is 9.94. The first-order valence-electron chi connectivity index (χ1n) is 7.17. The molecule has 2 aromatic rings. The number of aryl methyl sites for hydroxylation is 2. The highest BCUT2D eigenvalue weighted by Crippen LogP contribution is 2.32. The van der Waals surface area contributed by atoms with Crippen LogP contribution in [-0.4, -0.2) is 6.10 Å². The van der Waals surface area contributed by atoms with E-state index in [2.05, 4.69) is 57.2 Å². The third-order valence-corrected chi connectivity index (χ3v) is 4.17. The van der Waals surface area contributed by atoms with Gasteiger partial charge in [0.2, 0.25) is 0 Å². The zero-order chi connectivity index (χ0) is 14.3. The maximum Gasteiger partial charge on any atom is 0.123 e. The summed E-state index contributed by atoms with van der Waals surface area (Å²) in [4.78, 5) is 0. The molecule has 1 aliphatic heterocycles. The van der Waals surface area contributed by atoms with Crippen LogP contribution in [0.4, 0.5) is 0 Å². The smallest absolute Gasteiger partial charge is 0.123 e. The molecule has 2 nitrogen and oxygen atoms in total. The number of fused-ring (bicyclic) bond motifs is 1. The standard InChI is InChI=1S/C18H21NO/c1-11-4-5-14(8-12(11)2)18(19)15-6-7-17-16(10-15)9-13(3)20-17/h4-8,10,13,18H,9,19H2,1-3H3. The molecule has 20 heavy (non-hydrogen) atoms. The second kappa shape index (κ2) is 4.95. The summed E-state index contributed by atoms with van der Waals surface area (Å²) in [6.45, 7) is 6.35. The molecule has 0 spiro atoms. The van der Waals surface area contributed by atoms with E-state index in [-0.39, 0.29) is 12.1 Å². The Bertz CT molecular complexity index is 648. The Labute approximate surface area is 120 Å². The van der Waals surface area contributed by atoms with Gasteiger partial charge >= 0.3 is 0 Å². The molecular formula is C18H21NO. The van der Waals surface area contributed by atoms with Crippen molar-refractivity contribution in [3.63, 3.8) is 0 Å². The molecule has 2 heteroatoms. The maximum absolute atomic E-state index is 6.42. The molecule has 0 saturated heterocycles. The Morgan fingerprint density at radius 2 is 1.75 bits per heavy atom. The summed E-state index contributed by atoms with van der Waals surface area (Å²) in [5.74, 6) is 1.01. The van der Waals surface area contributed by atoms with E-state index in [1.807, 2.05) is 0 Å². The van der Waals surface area contributed by atoms with E-state index in [0.29, 0.717) is 0 Å². The van der Waals surface area contributed by atoms with Gasteiger partial charge < -0.3 is 10.5 Å². The number of rotatable bonds is 2. The van der Waals surface area contributed by atoms with Gasteiger partial charge in [-0.15, -0.1) is 0 Å². The predicted molar refractivity (Wildman–Crippen MR) is 82.2 cm³/mol. The minimum Gasteiger partial charge on any atom is -0.490 e. The van der Waals surface area contributed by atoms with Crippen molar-refractivity contribution in [3.05, 3.63) is 64.2 Å². The van der Waals surface area contributed by atoms with Gasteiger partial charge in [-0.05, 0) is 54.7 Å². The second-order valence-electron chi connectivity index (χ2n) is 5.82. The highest BCUT2D eigenvalue weighted by atomic mass is 16.5. The van der Waals surface area contributed by atoms with Crippen molar-refractivity contribution in [1.29, 1.82) is 0 Å². The minimum absolute atomic E-state index is 0.0736. The molecule has 2 aromatic carbocycles. The number of hydrogen-bond donors (Lipinski definition) is 1. The first-order chi connectivity index (χ1) is 9.54. The molecule has 2 unspecified atom stereocenters. The van der Waals surface area contributed by atoms with Crippen LogP contribution in [0.2, 0.25) is 0 Å². The van der Waals surface area contributed by atoms with Crippen LogP contribution in [0.5, 0.6) is 5.75 Å². The zero-order valence-electron chi connectivity index (χ0n) is 12.3. The Kier molecular flexibility index (Phi) is 3.27. The SMILES string of the molecule is Cc1ccc(C(N)c2ccc3c(c2)CC(C)O3)cc1C. The lowest BCUT2D eigenvalue weighted by Gasteiger charge is -2.15. The van der Waals surface area contributed by atoms with Crippen molar-refractivity contribution >= 4 is 0 Å². The second-order valence-corrected chi connectivity index (χ2v) is 5.82. The lowest BCUT2D eigenvalue weighted by Crippen LogP contribution is -2.12. The van der Waals surface area contributed by atoms with Crippen molar-refractivity contribution in [3.8, 4) is 5.75 Å². The van der Waals surface area contributed by atoms with Gasteiger partial charge in [0.15, 0.2) is 0 Å². The van der Waals surface area contributed by atoms with Crippen LogP contribution in [0.3, 0.4) is 0 Å². The normalized spacial score (nSPS) is 18.5. The van der Waals surface area contributed by atoms with Crippen molar-refractivity contribution in [1.82, 2.24) is 0 Å². The average Bonchev–Trinajstić information content (AvgIpc) is 2.80. The molecule has 2 N–H and O–H groups in total. The Morgan fingerprint density at radius 1 is 1.05 bits per heavy atom. The van der Waals surface area contributed by atoms with Crippen molar-refractivity contribution < 1.29 is 4.74 Å². The molecule has 0 radical (unpaired) electrons. The molecule has 3 rings (SSSR count). The summed E-state index contributed by atoms with van der Waals surface area (Å²) in [5, 5.41) is 0. The van der Waals surface area contributed by atoms with E-state index < -0.39 is 0 Å². The van der Waals surface area contributed by atoms with Gasteiger partial charge in [-0.3, -0.25) is 0 Å². The highest BCUT2D eigenvalue weighted by molar-refractivity contribution is 5.44. The lowest BCUT2D eigenvalue weighted by molar-refractivity contribution is 0.254. The number of benzene rings is 2. The van der Waals surface area contributed by atoms with E-state index in [1.165, 1.54) is 22.3 Å². The van der Waals surface area contributed by atoms with E-state index in [1.54, 1.807) is 0 Å². The molecule has 104 valence electrons. The first kappa shape index (κ1) is 13.2. The van der Waals surface area contributed by atoms with Crippen LogP contribution in [0.15, 0.2) is 36.4 Å². The Morgan fingerprint density at radius 3 is 2.50 bits per heavy atom. The zero-order valence-corrected chi connectivity index (χ0v) is 12.3. The first-order valence-corrected chi connectivity index (χ1v) is 7.17. The molecule has 1 aliphatic rings. The quantitative estimate of drug-likeness (QED) is 0.901. The Hall–Kier alpha value is -1.80. The minimum atomic E-state index is -0.0736. The fourth-order valence-electron chi connectivity index (χ4n) is 2.79. The highest BCUT2D eigenvalue weighted by Gasteiger charge is 2.20. The summed E-state index contributed by atoms with van der Waals surface area (Å²) in [6, 6.07) is 12.7. The molecule has 0 aromatic heterocycles. The molecule has 0 aliphatic carbocycles. The van der Waals surface area contributed by atoms with Crippen LogP contribution in [0.25, 0.3) is 0 Å². The third-order valence-electron chi connectivity index (χ3n) is 4.17. The van der Waals surface area contributed by atoms with Crippen molar-refractivity contribution in [2.75, 3.05) is 0 Å². The largest absolute Gasteiger partial charge is 0.490 e. The van der Waals surface area contributed by atoms with Crippen LogP contribution >= 0.6 is 0 Å². The van der Waals surface area contributed by atoms with E-state index in [0.717, 1.165) is 17.7 Å². The molecule has 0 fully saturated rings. The fraction of sp³-hybridized carbons (Fsp3) is 0.333. The van der Waals surface area contributed by atoms with Gasteiger partial charge in [-0.1, -0.05) is 30.3 Å². The fourth-order valence-corrected chi connectivity index (χ4v) is 2.79. The monoisotopic (exact) mass is 267 g/mol. The topological polar surface area (TPSA) is 35.2 Å². The van der Waals surface area contributed by atoms with Gasteiger partial charge in [0, 0.05) is 6.42 Å². The van der Waals surface area contributed by atoms with Gasteiger partial charge in [0.25, 0.3) is 0 Å². The predicted octanol–water partition coefficient (Wildman–Crippen LogP) is 3.67. The van der Waals surface area contributed by atoms with Gasteiger partial charge in [-0.2, -0.15) is 0 Å². The van der Waals surface area contributed by atoms with Crippen molar-refractivity contribution in [2.45, 2.75) is 39.3 Å². The summed E-state index contributed by atoms with van der Waals surface area (Å²) in [6.07, 6.45) is 1.25. The van der Waals surface area contributed by atoms with E-state index in [9.17, 15) is 0 Å². The molecule has 0 amide bonds. The van der Waals surface area contributed by atoms with Gasteiger partial charge in [0.1, 0.15) is 11.9 Å². The Balaban J connectivity index is 1.93. The van der Waals surface area contributed by atoms with Gasteiger partial charge in [-0.25, -0.2) is 0 Å². The molecule has 2 atom stereocenters. The van der Waals surface area contributed by atoms with Crippen LogP contribution in [0, 0.1) is 13.8 Å². The molecular weight excluding hydrogens is 246 g/mol. The summed E-state index contributed by atoms with van der Waals surface area (Å²) >= 11 is 0. The summed E-state index contributed by atoms with van der Waals surface area (Å²) in [5.41, 5.74) is 12.6. The summed E-state index contributed by atoms with van der Waals surface area (Å²) < 4.78 is 5.74. The number of hydrogen-bond acceptors (Lipinski definition) is 2. The van der Waals surface area contributed by atoms with Crippen LogP contribution in [-0.2, 0) is 6.42 Å². The molecule has 1 heterocycles. The number of ether oxygens (including phenoxy) is 1. The number of nitrogens with two attached hydrogens (primary N) is 1. The van der Waals surface area contributed by atoms with Crippen LogP contribution < -0.4 is 10.5 Å².